The third kappa shape index (κ3) is 5.41. The van der Waals surface area contributed by atoms with E-state index in [1.165, 1.54) is 0 Å². The van der Waals surface area contributed by atoms with Crippen molar-refractivity contribution < 1.29 is 54.8 Å². The number of aliphatic hydroxyl groups is 6. The molecule has 12 nitrogen and oxygen atoms in total. The highest BCUT2D eigenvalue weighted by Crippen LogP contribution is 2.37. The molecular formula is C17H31NO11. The summed E-state index contributed by atoms with van der Waals surface area (Å²) in [6.45, 7) is 0.198. The summed E-state index contributed by atoms with van der Waals surface area (Å²) in [4.78, 5) is 10.9. The summed E-state index contributed by atoms with van der Waals surface area (Å²) in [6.07, 6.45) is -9.82. The van der Waals surface area contributed by atoms with E-state index in [-0.39, 0.29) is 13.0 Å². The molecule has 170 valence electrons. The Hall–Kier alpha value is -0.930. The quantitative estimate of drug-likeness (QED) is 0.187. The predicted octanol–water partition coefficient (Wildman–Crippen LogP) is -4.02. The largest absolute Gasteiger partial charge is 0.480 e. The van der Waals surface area contributed by atoms with Gasteiger partial charge in [-0.25, -0.2) is 0 Å². The number of carboxylic acid groups (broad SMARTS) is 1. The minimum Gasteiger partial charge on any atom is -0.480 e. The van der Waals surface area contributed by atoms with Gasteiger partial charge in [-0.05, 0) is 12.3 Å². The van der Waals surface area contributed by atoms with E-state index in [2.05, 4.69) is 0 Å². The minimum atomic E-state index is -1.55. The van der Waals surface area contributed by atoms with Crippen molar-refractivity contribution in [2.24, 2.45) is 17.6 Å². The number of nitrogens with two attached hydrogens (primary N) is 1. The van der Waals surface area contributed by atoms with Crippen molar-refractivity contribution in [3.63, 3.8) is 0 Å². The van der Waals surface area contributed by atoms with E-state index in [1.807, 2.05) is 0 Å². The van der Waals surface area contributed by atoms with Crippen LogP contribution < -0.4 is 5.73 Å². The minimum absolute atomic E-state index is 0.00547. The van der Waals surface area contributed by atoms with Crippen LogP contribution in [0.4, 0.5) is 0 Å². The van der Waals surface area contributed by atoms with Gasteiger partial charge in [0.25, 0.3) is 0 Å². The lowest BCUT2D eigenvalue weighted by Crippen LogP contribution is -2.60. The van der Waals surface area contributed by atoms with Crippen molar-refractivity contribution in [2.45, 2.75) is 68.4 Å². The third-order valence-electron chi connectivity index (χ3n) is 5.67. The fraction of sp³-hybridized carbons (Fsp3) is 0.941. The summed E-state index contributed by atoms with van der Waals surface area (Å²) < 4.78 is 16.5. The molecule has 0 aliphatic carbocycles. The van der Waals surface area contributed by atoms with Crippen LogP contribution in [0.5, 0.6) is 0 Å². The van der Waals surface area contributed by atoms with Gasteiger partial charge in [0.1, 0.15) is 36.6 Å². The Labute approximate surface area is 167 Å². The summed E-state index contributed by atoms with van der Waals surface area (Å²) in [7, 11) is 0. The first-order valence-electron chi connectivity index (χ1n) is 9.47. The molecule has 5 unspecified atom stereocenters. The Morgan fingerprint density at radius 1 is 0.966 bits per heavy atom. The Morgan fingerprint density at radius 2 is 1.52 bits per heavy atom. The first-order chi connectivity index (χ1) is 13.6. The van der Waals surface area contributed by atoms with Crippen molar-refractivity contribution in [1.82, 2.24) is 0 Å². The van der Waals surface area contributed by atoms with Gasteiger partial charge in [-0.3, -0.25) is 4.79 Å². The van der Waals surface area contributed by atoms with E-state index in [0.717, 1.165) is 0 Å². The molecule has 9 N–H and O–H groups in total. The molecule has 11 atom stereocenters. The van der Waals surface area contributed by atoms with Crippen molar-refractivity contribution in [1.29, 1.82) is 0 Å². The van der Waals surface area contributed by atoms with Gasteiger partial charge in [0.2, 0.25) is 0 Å². The molecule has 0 spiro atoms. The smallest absolute Gasteiger partial charge is 0.322 e. The Balaban J connectivity index is 2.12. The second kappa shape index (κ2) is 10.4. The van der Waals surface area contributed by atoms with Crippen LogP contribution in [0.15, 0.2) is 0 Å². The standard InChI is InChI=1S/C17H31NO11/c1-6-7(2-9-13(22)15(24)14(23)11(4-20)28-9)12(21)10(3-19)29-17(6)27-5-8(18)16(25)26/h6-15,17,19-24H,2-5,18H2,1H3,(H,25,26)/t6-,7-,8?,9-,10?,11?,12?,13+,14?,15-,17-/m0/s1. The number of ether oxygens (including phenoxy) is 3. The molecule has 2 rings (SSSR count). The monoisotopic (exact) mass is 425 g/mol. The van der Waals surface area contributed by atoms with E-state index in [0.29, 0.717) is 0 Å². The zero-order valence-corrected chi connectivity index (χ0v) is 16.0. The predicted molar refractivity (Wildman–Crippen MR) is 94.4 cm³/mol. The topological polar surface area (TPSA) is 212 Å². The summed E-state index contributed by atoms with van der Waals surface area (Å²) in [6, 6.07) is -1.28. The zero-order valence-electron chi connectivity index (χ0n) is 16.0. The van der Waals surface area contributed by atoms with Gasteiger partial charge in [0, 0.05) is 5.92 Å². The average molecular weight is 425 g/mol. The highest BCUT2D eigenvalue weighted by molar-refractivity contribution is 5.73. The van der Waals surface area contributed by atoms with E-state index in [1.54, 1.807) is 6.92 Å². The van der Waals surface area contributed by atoms with Crippen molar-refractivity contribution in [2.75, 3.05) is 19.8 Å². The highest BCUT2D eigenvalue weighted by Gasteiger charge is 2.49. The fourth-order valence-corrected chi connectivity index (χ4v) is 3.77. The zero-order chi connectivity index (χ0) is 21.9. The number of rotatable bonds is 8. The SMILES string of the molecule is C[C@@H]1[C@@H](OCC(N)C(=O)O)OC(CO)C(O)[C@H]1C[C@@H]1OC(CO)C(O)[C@@H](O)[C@@H]1O. The summed E-state index contributed by atoms with van der Waals surface area (Å²) >= 11 is 0. The lowest BCUT2D eigenvalue weighted by atomic mass is 9.77. The van der Waals surface area contributed by atoms with E-state index in [9.17, 15) is 35.4 Å². The van der Waals surface area contributed by atoms with Crippen LogP contribution in [0.2, 0.25) is 0 Å². The maximum atomic E-state index is 10.9. The van der Waals surface area contributed by atoms with Crippen molar-refractivity contribution in [3.8, 4) is 0 Å². The molecular weight excluding hydrogens is 394 g/mol. The number of aliphatic hydroxyl groups excluding tert-OH is 6. The number of carbonyl (C=O) groups is 1. The highest BCUT2D eigenvalue weighted by atomic mass is 16.7. The van der Waals surface area contributed by atoms with Gasteiger partial charge in [-0.1, -0.05) is 6.92 Å². The van der Waals surface area contributed by atoms with Crippen LogP contribution in [-0.2, 0) is 19.0 Å². The fourth-order valence-electron chi connectivity index (χ4n) is 3.77. The number of aliphatic carboxylic acids is 1. The van der Waals surface area contributed by atoms with Gasteiger partial charge >= 0.3 is 5.97 Å². The molecule has 2 aliphatic heterocycles. The first-order valence-corrected chi connectivity index (χ1v) is 9.47. The van der Waals surface area contributed by atoms with Crippen LogP contribution in [0.1, 0.15) is 13.3 Å². The lowest BCUT2D eigenvalue weighted by Gasteiger charge is -2.46. The number of hydrogen-bond acceptors (Lipinski definition) is 11. The van der Waals surface area contributed by atoms with Crippen LogP contribution in [0.25, 0.3) is 0 Å². The third-order valence-corrected chi connectivity index (χ3v) is 5.67. The summed E-state index contributed by atoms with van der Waals surface area (Å²) in [5.41, 5.74) is 5.43. The Morgan fingerprint density at radius 3 is 2.07 bits per heavy atom. The maximum absolute atomic E-state index is 10.9. The number of hydrogen-bond donors (Lipinski definition) is 8. The van der Waals surface area contributed by atoms with Crippen LogP contribution in [0.3, 0.4) is 0 Å². The molecule has 0 aromatic carbocycles. The molecule has 0 aromatic rings. The molecule has 0 radical (unpaired) electrons. The van der Waals surface area contributed by atoms with Gasteiger partial charge < -0.3 is 55.7 Å². The second-order valence-electron chi connectivity index (χ2n) is 7.62. The van der Waals surface area contributed by atoms with Gasteiger partial charge in [0.05, 0.1) is 32.0 Å². The summed E-state index contributed by atoms with van der Waals surface area (Å²) in [5.74, 6) is -2.43. The molecule has 0 amide bonds. The van der Waals surface area contributed by atoms with Gasteiger partial charge in [-0.2, -0.15) is 0 Å². The molecule has 29 heavy (non-hydrogen) atoms. The van der Waals surface area contributed by atoms with Crippen LogP contribution in [0, 0.1) is 11.8 Å². The van der Waals surface area contributed by atoms with Crippen molar-refractivity contribution >= 4 is 5.97 Å². The molecule has 2 fully saturated rings. The normalized spacial score (nSPS) is 44.4. The molecule has 0 aromatic heterocycles. The molecule has 12 heteroatoms. The molecule has 2 heterocycles. The molecule has 2 saturated heterocycles. The van der Waals surface area contributed by atoms with Crippen LogP contribution in [-0.4, -0.2) is 117 Å². The lowest BCUT2D eigenvalue weighted by molar-refractivity contribution is -0.283. The molecule has 2 aliphatic rings. The van der Waals surface area contributed by atoms with Crippen molar-refractivity contribution in [3.05, 3.63) is 0 Å². The summed E-state index contributed by atoms with van der Waals surface area (Å²) in [5, 5.41) is 68.4. The Kier molecular flexibility index (Phi) is 8.72. The van der Waals surface area contributed by atoms with E-state index < -0.39 is 86.1 Å². The number of carboxylic acids is 1. The Bertz CT molecular complexity index is 536. The van der Waals surface area contributed by atoms with E-state index >= 15 is 0 Å². The van der Waals surface area contributed by atoms with Gasteiger partial charge in [0.15, 0.2) is 6.29 Å². The molecule has 0 saturated carbocycles. The second-order valence-corrected chi connectivity index (χ2v) is 7.62. The maximum Gasteiger partial charge on any atom is 0.322 e. The van der Waals surface area contributed by atoms with E-state index in [4.69, 9.17) is 25.1 Å². The first kappa shape index (κ1) is 24.3. The van der Waals surface area contributed by atoms with Crippen LogP contribution >= 0.6 is 0 Å². The van der Waals surface area contributed by atoms with Gasteiger partial charge in [-0.15, -0.1) is 0 Å². The average Bonchev–Trinajstić information content (AvgIpc) is 2.70. The molecule has 0 bridgehead atoms.